The molecule has 2 unspecified atom stereocenters. The van der Waals surface area contributed by atoms with E-state index in [0.29, 0.717) is 18.9 Å². The van der Waals surface area contributed by atoms with E-state index < -0.39 is 10.0 Å². The minimum absolute atomic E-state index is 0.0393. The van der Waals surface area contributed by atoms with Gasteiger partial charge in [-0.25, -0.2) is 13.6 Å². The SMILES string of the molecule is CCC(C)c1ccccc1OCCC(C)CCS(N)(=O)=O. The fraction of sp³-hybridized carbons (Fsp3) is 0.625. The van der Waals surface area contributed by atoms with E-state index in [-0.39, 0.29) is 11.7 Å². The van der Waals surface area contributed by atoms with Gasteiger partial charge in [0.25, 0.3) is 0 Å². The van der Waals surface area contributed by atoms with Crippen LogP contribution in [0, 0.1) is 5.92 Å². The normalized spacial score (nSPS) is 14.7. The van der Waals surface area contributed by atoms with Crippen LogP contribution in [0.3, 0.4) is 0 Å². The molecule has 1 aromatic rings. The first kappa shape index (κ1) is 18.0. The van der Waals surface area contributed by atoms with Crippen molar-refractivity contribution >= 4 is 10.0 Å². The van der Waals surface area contributed by atoms with E-state index in [1.807, 2.05) is 25.1 Å². The number of rotatable bonds is 9. The summed E-state index contributed by atoms with van der Waals surface area (Å²) in [5, 5.41) is 5.01. The number of nitrogens with two attached hydrogens (primary N) is 1. The molecule has 0 amide bonds. The second-order valence-electron chi connectivity index (χ2n) is 5.75. The summed E-state index contributed by atoms with van der Waals surface area (Å²) in [4.78, 5) is 0. The van der Waals surface area contributed by atoms with Crippen LogP contribution in [0.5, 0.6) is 5.75 Å². The van der Waals surface area contributed by atoms with E-state index in [0.717, 1.165) is 18.6 Å². The van der Waals surface area contributed by atoms with Crippen LogP contribution in [0.2, 0.25) is 0 Å². The zero-order chi connectivity index (χ0) is 15.9. The number of para-hydroxylation sites is 1. The van der Waals surface area contributed by atoms with Crippen LogP contribution in [0.15, 0.2) is 24.3 Å². The lowest BCUT2D eigenvalue weighted by molar-refractivity contribution is 0.278. The number of primary sulfonamides is 1. The Hall–Kier alpha value is -1.07. The van der Waals surface area contributed by atoms with Crippen LogP contribution in [-0.2, 0) is 10.0 Å². The van der Waals surface area contributed by atoms with E-state index in [1.165, 1.54) is 5.56 Å². The minimum atomic E-state index is -3.36. The first-order chi connectivity index (χ1) is 9.83. The molecule has 1 aromatic carbocycles. The van der Waals surface area contributed by atoms with Crippen molar-refractivity contribution in [2.45, 2.75) is 46.0 Å². The highest BCUT2D eigenvalue weighted by Gasteiger charge is 2.11. The molecule has 120 valence electrons. The molecule has 2 atom stereocenters. The average Bonchev–Trinajstić information content (AvgIpc) is 2.44. The monoisotopic (exact) mass is 313 g/mol. The highest BCUT2D eigenvalue weighted by molar-refractivity contribution is 7.89. The van der Waals surface area contributed by atoms with Crippen LogP contribution in [0.25, 0.3) is 0 Å². The Morgan fingerprint density at radius 3 is 2.48 bits per heavy atom. The zero-order valence-corrected chi connectivity index (χ0v) is 14.0. The van der Waals surface area contributed by atoms with Crippen LogP contribution < -0.4 is 9.88 Å². The van der Waals surface area contributed by atoms with Crippen LogP contribution in [-0.4, -0.2) is 20.8 Å². The summed E-state index contributed by atoms with van der Waals surface area (Å²) in [7, 11) is -3.36. The molecule has 0 aliphatic rings. The lowest BCUT2D eigenvalue weighted by Crippen LogP contribution is -2.19. The number of ether oxygens (including phenoxy) is 1. The highest BCUT2D eigenvalue weighted by Crippen LogP contribution is 2.28. The van der Waals surface area contributed by atoms with Gasteiger partial charge in [-0.05, 0) is 42.7 Å². The van der Waals surface area contributed by atoms with Gasteiger partial charge in [-0.15, -0.1) is 0 Å². The van der Waals surface area contributed by atoms with Crippen LogP contribution >= 0.6 is 0 Å². The van der Waals surface area contributed by atoms with Crippen LogP contribution in [0.4, 0.5) is 0 Å². The van der Waals surface area contributed by atoms with Crippen molar-refractivity contribution in [3.8, 4) is 5.75 Å². The molecule has 2 N–H and O–H groups in total. The molecule has 0 aromatic heterocycles. The van der Waals surface area contributed by atoms with Gasteiger partial charge in [0.1, 0.15) is 5.75 Å². The Morgan fingerprint density at radius 1 is 1.19 bits per heavy atom. The number of benzene rings is 1. The third-order valence-corrected chi connectivity index (χ3v) is 4.63. The smallest absolute Gasteiger partial charge is 0.209 e. The summed E-state index contributed by atoms with van der Waals surface area (Å²) in [5.74, 6) is 1.73. The summed E-state index contributed by atoms with van der Waals surface area (Å²) in [6.07, 6.45) is 2.48. The second kappa shape index (κ2) is 8.39. The molecule has 0 aliphatic carbocycles. The van der Waals surface area contributed by atoms with E-state index in [2.05, 4.69) is 19.9 Å². The molecular formula is C16H27NO3S. The Bertz CT molecular complexity index is 528. The maximum Gasteiger partial charge on any atom is 0.209 e. The number of hydrogen-bond donors (Lipinski definition) is 1. The maximum atomic E-state index is 10.9. The predicted molar refractivity (Wildman–Crippen MR) is 87.0 cm³/mol. The molecule has 0 bridgehead atoms. The molecule has 0 spiro atoms. The maximum absolute atomic E-state index is 10.9. The quantitative estimate of drug-likeness (QED) is 0.760. The first-order valence-corrected chi connectivity index (χ1v) is 9.27. The van der Waals surface area contributed by atoms with E-state index >= 15 is 0 Å². The fourth-order valence-electron chi connectivity index (χ4n) is 2.12. The van der Waals surface area contributed by atoms with Gasteiger partial charge in [-0.3, -0.25) is 0 Å². The summed E-state index contributed by atoms with van der Waals surface area (Å²) in [6, 6.07) is 8.11. The third kappa shape index (κ3) is 6.96. The lowest BCUT2D eigenvalue weighted by atomic mass is 9.98. The highest BCUT2D eigenvalue weighted by atomic mass is 32.2. The summed E-state index contributed by atoms with van der Waals surface area (Å²) in [5.41, 5.74) is 1.23. The molecule has 0 saturated heterocycles. The largest absolute Gasteiger partial charge is 0.493 e. The zero-order valence-electron chi connectivity index (χ0n) is 13.2. The van der Waals surface area contributed by atoms with Crippen molar-refractivity contribution in [2.75, 3.05) is 12.4 Å². The molecule has 21 heavy (non-hydrogen) atoms. The molecule has 0 heterocycles. The standard InChI is InChI=1S/C16H27NO3S/c1-4-14(3)15-7-5-6-8-16(15)20-11-9-13(2)10-12-21(17,18)19/h5-8,13-14H,4,9-12H2,1-3H3,(H2,17,18,19). The van der Waals surface area contributed by atoms with Crippen molar-refractivity contribution in [3.63, 3.8) is 0 Å². The fourth-order valence-corrected chi connectivity index (χ4v) is 2.85. The Morgan fingerprint density at radius 2 is 1.86 bits per heavy atom. The van der Waals surface area contributed by atoms with Gasteiger partial charge in [-0.2, -0.15) is 0 Å². The number of hydrogen-bond acceptors (Lipinski definition) is 3. The Labute approximate surface area is 128 Å². The van der Waals surface area contributed by atoms with Gasteiger partial charge < -0.3 is 4.74 Å². The molecule has 0 radical (unpaired) electrons. The van der Waals surface area contributed by atoms with Crippen molar-refractivity contribution in [2.24, 2.45) is 11.1 Å². The number of sulfonamides is 1. The van der Waals surface area contributed by atoms with Crippen molar-refractivity contribution in [1.82, 2.24) is 0 Å². The van der Waals surface area contributed by atoms with Gasteiger partial charge in [0.05, 0.1) is 12.4 Å². The lowest BCUT2D eigenvalue weighted by Gasteiger charge is -2.17. The third-order valence-electron chi connectivity index (χ3n) is 3.83. The van der Waals surface area contributed by atoms with Crippen molar-refractivity contribution in [3.05, 3.63) is 29.8 Å². The average molecular weight is 313 g/mol. The molecular weight excluding hydrogens is 286 g/mol. The Balaban J connectivity index is 2.46. The molecule has 0 fully saturated rings. The first-order valence-electron chi connectivity index (χ1n) is 7.55. The van der Waals surface area contributed by atoms with Gasteiger partial charge in [0.2, 0.25) is 10.0 Å². The Kier molecular flexibility index (Phi) is 7.18. The van der Waals surface area contributed by atoms with Crippen LogP contribution in [0.1, 0.15) is 51.5 Å². The molecule has 5 heteroatoms. The summed E-state index contributed by atoms with van der Waals surface area (Å²) in [6.45, 7) is 6.97. The van der Waals surface area contributed by atoms with Crippen molar-refractivity contribution in [1.29, 1.82) is 0 Å². The molecule has 0 saturated carbocycles. The van der Waals surface area contributed by atoms with Crippen molar-refractivity contribution < 1.29 is 13.2 Å². The summed E-state index contributed by atoms with van der Waals surface area (Å²) < 4.78 is 27.7. The van der Waals surface area contributed by atoms with E-state index in [1.54, 1.807) is 0 Å². The van der Waals surface area contributed by atoms with E-state index in [4.69, 9.17) is 9.88 Å². The van der Waals surface area contributed by atoms with Gasteiger partial charge in [0.15, 0.2) is 0 Å². The molecule has 0 aliphatic heterocycles. The minimum Gasteiger partial charge on any atom is -0.493 e. The topological polar surface area (TPSA) is 69.4 Å². The summed E-state index contributed by atoms with van der Waals surface area (Å²) >= 11 is 0. The van der Waals surface area contributed by atoms with Gasteiger partial charge in [0, 0.05) is 0 Å². The molecule has 1 rings (SSSR count). The van der Waals surface area contributed by atoms with Gasteiger partial charge in [-0.1, -0.05) is 39.0 Å². The van der Waals surface area contributed by atoms with Gasteiger partial charge >= 0.3 is 0 Å². The van der Waals surface area contributed by atoms with E-state index in [9.17, 15) is 8.42 Å². The molecule has 4 nitrogen and oxygen atoms in total. The second-order valence-corrected chi connectivity index (χ2v) is 7.48. The predicted octanol–water partition coefficient (Wildman–Crippen LogP) is 3.28.